The van der Waals surface area contributed by atoms with Gasteiger partial charge in [0, 0.05) is 19.3 Å². The van der Waals surface area contributed by atoms with E-state index >= 15 is 0 Å². The normalized spacial score (nSPS) is 10.4. The summed E-state index contributed by atoms with van der Waals surface area (Å²) in [6.07, 6.45) is 2.27. The van der Waals surface area contributed by atoms with Crippen molar-refractivity contribution in [2.45, 2.75) is 6.54 Å². The Labute approximate surface area is 173 Å². The van der Waals surface area contributed by atoms with E-state index in [0.717, 1.165) is 6.54 Å². The molecule has 0 atom stereocenters. The third kappa shape index (κ3) is 4.83. The maximum atomic E-state index is 2.28. The second-order valence-electron chi connectivity index (χ2n) is 7.22. The summed E-state index contributed by atoms with van der Waals surface area (Å²) in [5, 5.41) is 0. The lowest BCUT2D eigenvalue weighted by Crippen LogP contribution is -2.16. The first kappa shape index (κ1) is 18.8. The van der Waals surface area contributed by atoms with Gasteiger partial charge in [-0.05, 0) is 46.0 Å². The van der Waals surface area contributed by atoms with E-state index < -0.39 is 0 Å². The van der Waals surface area contributed by atoms with Crippen molar-refractivity contribution < 1.29 is 0 Å². The van der Waals surface area contributed by atoms with E-state index in [1.54, 1.807) is 0 Å². The molecule has 0 heterocycles. The van der Waals surface area contributed by atoms with E-state index in [1.807, 2.05) is 0 Å². The van der Waals surface area contributed by atoms with Gasteiger partial charge < -0.3 is 4.90 Å². The van der Waals surface area contributed by atoms with Gasteiger partial charge in [0.2, 0.25) is 0 Å². The minimum atomic E-state index is 0.898. The molecular weight excluding hydrogens is 350 g/mol. The summed E-state index contributed by atoms with van der Waals surface area (Å²) in [6.45, 7) is 0.898. The summed E-state index contributed by atoms with van der Waals surface area (Å²) in [6, 6.07) is 40.5. The molecule has 0 bridgehead atoms. The molecule has 4 aromatic rings. The van der Waals surface area contributed by atoms with Crippen molar-refractivity contribution >= 4 is 17.3 Å². The highest BCUT2D eigenvalue weighted by molar-refractivity contribution is 5.91. The zero-order valence-corrected chi connectivity index (χ0v) is 16.7. The number of hydrogen-bond donors (Lipinski definition) is 0. The molecule has 29 heavy (non-hydrogen) atoms. The summed E-state index contributed by atoms with van der Waals surface area (Å²) >= 11 is 0. The molecule has 142 valence electrons. The van der Waals surface area contributed by atoms with Gasteiger partial charge in [-0.25, -0.2) is 0 Å². The largest absolute Gasteiger partial charge is 0.370 e. The number of benzene rings is 4. The Balaban J connectivity index is 1.60. The molecule has 4 rings (SSSR count). The zero-order valence-electron chi connectivity index (χ0n) is 16.7. The lowest BCUT2D eigenvalue weighted by atomic mass is 9.96. The number of anilines is 1. The lowest BCUT2D eigenvalue weighted by molar-refractivity contribution is 0.923. The van der Waals surface area contributed by atoms with Crippen LogP contribution < -0.4 is 4.90 Å². The molecular formula is C28H25N. The van der Waals surface area contributed by atoms with Crippen molar-refractivity contribution in [3.8, 4) is 0 Å². The topological polar surface area (TPSA) is 3.24 Å². The van der Waals surface area contributed by atoms with E-state index in [0.29, 0.717) is 0 Å². The van der Waals surface area contributed by atoms with Crippen LogP contribution in [0.15, 0.2) is 115 Å². The molecule has 1 nitrogen and oxygen atoms in total. The van der Waals surface area contributed by atoms with Crippen LogP contribution in [0.1, 0.15) is 22.3 Å². The van der Waals surface area contributed by atoms with E-state index in [2.05, 4.69) is 133 Å². The van der Waals surface area contributed by atoms with Crippen LogP contribution in [0, 0.1) is 0 Å². The van der Waals surface area contributed by atoms with Crippen molar-refractivity contribution in [1.29, 1.82) is 0 Å². The SMILES string of the molecule is CN(Cc1ccccc1)c1ccc(C=C(c2ccccc2)c2ccccc2)cc1. The van der Waals surface area contributed by atoms with Crippen molar-refractivity contribution in [3.05, 3.63) is 138 Å². The molecule has 0 amide bonds. The van der Waals surface area contributed by atoms with Crippen LogP contribution in [-0.4, -0.2) is 7.05 Å². The van der Waals surface area contributed by atoms with Crippen molar-refractivity contribution in [2.24, 2.45) is 0 Å². The summed E-state index contributed by atoms with van der Waals surface area (Å²) in [7, 11) is 2.14. The Morgan fingerprint density at radius 1 is 0.621 bits per heavy atom. The van der Waals surface area contributed by atoms with Gasteiger partial charge in [0.1, 0.15) is 0 Å². The summed E-state index contributed by atoms with van der Waals surface area (Å²) < 4.78 is 0. The van der Waals surface area contributed by atoms with E-state index in [4.69, 9.17) is 0 Å². The van der Waals surface area contributed by atoms with Crippen LogP contribution in [0.3, 0.4) is 0 Å². The third-order valence-corrected chi connectivity index (χ3v) is 5.08. The molecule has 0 saturated carbocycles. The fourth-order valence-electron chi connectivity index (χ4n) is 3.51. The molecule has 0 radical (unpaired) electrons. The smallest absolute Gasteiger partial charge is 0.0426 e. The Bertz CT molecular complexity index is 1010. The van der Waals surface area contributed by atoms with Gasteiger partial charge in [0.05, 0.1) is 0 Å². The summed E-state index contributed by atoms with van der Waals surface area (Å²) in [4.78, 5) is 2.28. The molecule has 0 aliphatic heterocycles. The molecule has 0 fully saturated rings. The van der Waals surface area contributed by atoms with Gasteiger partial charge in [-0.2, -0.15) is 0 Å². The Kier molecular flexibility index (Phi) is 5.87. The van der Waals surface area contributed by atoms with Crippen LogP contribution in [0.5, 0.6) is 0 Å². The summed E-state index contributed by atoms with van der Waals surface area (Å²) in [5.74, 6) is 0. The standard InChI is InChI=1S/C28H25N/c1-29(22-24-11-5-2-6-12-24)27-19-17-23(18-20-27)21-28(25-13-7-3-8-14-25)26-15-9-4-10-16-26/h2-21H,22H2,1H3. The highest BCUT2D eigenvalue weighted by Gasteiger charge is 2.06. The number of nitrogens with zero attached hydrogens (tertiary/aromatic N) is 1. The van der Waals surface area contributed by atoms with Crippen LogP contribution in [0.2, 0.25) is 0 Å². The zero-order chi connectivity index (χ0) is 19.9. The van der Waals surface area contributed by atoms with Gasteiger partial charge >= 0.3 is 0 Å². The van der Waals surface area contributed by atoms with E-state index in [9.17, 15) is 0 Å². The first-order chi connectivity index (χ1) is 14.3. The Morgan fingerprint density at radius 3 is 1.62 bits per heavy atom. The third-order valence-electron chi connectivity index (χ3n) is 5.08. The quantitative estimate of drug-likeness (QED) is 0.331. The minimum absolute atomic E-state index is 0.898. The van der Waals surface area contributed by atoms with Crippen LogP contribution >= 0.6 is 0 Å². The van der Waals surface area contributed by atoms with Gasteiger partial charge in [-0.1, -0.05) is 103 Å². The van der Waals surface area contributed by atoms with Gasteiger partial charge in [0.15, 0.2) is 0 Å². The molecule has 0 saturated heterocycles. The fraction of sp³-hybridized carbons (Fsp3) is 0.0714. The average molecular weight is 376 g/mol. The Morgan fingerprint density at radius 2 is 1.10 bits per heavy atom. The van der Waals surface area contributed by atoms with Crippen LogP contribution in [0.25, 0.3) is 11.6 Å². The van der Waals surface area contributed by atoms with Crippen molar-refractivity contribution in [2.75, 3.05) is 11.9 Å². The number of rotatable bonds is 6. The molecule has 0 aliphatic carbocycles. The predicted octanol–water partition coefficient (Wildman–Crippen LogP) is 6.91. The van der Waals surface area contributed by atoms with Crippen LogP contribution in [-0.2, 0) is 6.54 Å². The first-order valence-corrected chi connectivity index (χ1v) is 9.97. The van der Waals surface area contributed by atoms with Gasteiger partial charge in [0.25, 0.3) is 0 Å². The summed E-state index contributed by atoms with van der Waals surface area (Å²) in [5.41, 5.74) is 7.41. The molecule has 0 N–H and O–H groups in total. The second-order valence-corrected chi connectivity index (χ2v) is 7.22. The van der Waals surface area contributed by atoms with Gasteiger partial charge in [-0.15, -0.1) is 0 Å². The molecule has 4 aromatic carbocycles. The lowest BCUT2D eigenvalue weighted by Gasteiger charge is -2.19. The molecule has 0 spiro atoms. The van der Waals surface area contributed by atoms with Gasteiger partial charge in [-0.3, -0.25) is 0 Å². The van der Waals surface area contributed by atoms with Crippen LogP contribution in [0.4, 0.5) is 5.69 Å². The molecule has 0 aromatic heterocycles. The maximum Gasteiger partial charge on any atom is 0.0426 e. The average Bonchev–Trinajstić information content (AvgIpc) is 2.80. The highest BCUT2D eigenvalue weighted by Crippen LogP contribution is 2.27. The predicted molar refractivity (Wildman–Crippen MR) is 125 cm³/mol. The molecule has 0 unspecified atom stereocenters. The minimum Gasteiger partial charge on any atom is -0.370 e. The highest BCUT2D eigenvalue weighted by atomic mass is 15.1. The fourth-order valence-corrected chi connectivity index (χ4v) is 3.51. The monoisotopic (exact) mass is 375 g/mol. The van der Waals surface area contributed by atoms with Crippen molar-refractivity contribution in [1.82, 2.24) is 0 Å². The van der Waals surface area contributed by atoms with E-state index in [1.165, 1.54) is 33.5 Å². The molecule has 0 aliphatic rings. The van der Waals surface area contributed by atoms with Crippen molar-refractivity contribution in [3.63, 3.8) is 0 Å². The first-order valence-electron chi connectivity index (χ1n) is 9.97. The van der Waals surface area contributed by atoms with E-state index in [-0.39, 0.29) is 0 Å². The molecule has 1 heteroatoms. The maximum absolute atomic E-state index is 2.28. The second kappa shape index (κ2) is 9.07. The Hall–Kier alpha value is -3.58. The number of hydrogen-bond acceptors (Lipinski definition) is 1.